The van der Waals surface area contributed by atoms with E-state index in [-0.39, 0.29) is 11.8 Å². The molecule has 0 aliphatic carbocycles. The minimum atomic E-state index is -1.02. The van der Waals surface area contributed by atoms with Gasteiger partial charge in [-0.05, 0) is 12.1 Å². The van der Waals surface area contributed by atoms with Gasteiger partial charge < -0.3 is 15.2 Å². The molecule has 0 radical (unpaired) electrons. The summed E-state index contributed by atoms with van der Waals surface area (Å²) in [6.45, 7) is 0.0413. The topological polar surface area (TPSA) is 84.3 Å². The monoisotopic (exact) mass is 231 g/mol. The molecule has 0 bridgehead atoms. The quantitative estimate of drug-likeness (QED) is 0.774. The number of halogens is 1. The maximum Gasteiger partial charge on any atom is 0.328 e. The smallest absolute Gasteiger partial charge is 0.328 e. The van der Waals surface area contributed by atoms with E-state index in [4.69, 9.17) is 21.4 Å². The van der Waals surface area contributed by atoms with Crippen LogP contribution in [0, 0.1) is 0 Å². The Morgan fingerprint density at radius 1 is 1.67 bits per heavy atom. The first-order chi connectivity index (χ1) is 7.13. The van der Waals surface area contributed by atoms with E-state index >= 15 is 0 Å². The van der Waals surface area contributed by atoms with Gasteiger partial charge in [0.05, 0.1) is 6.61 Å². The molecule has 1 aromatic heterocycles. The molecule has 0 aromatic carbocycles. The number of methoxy groups -OCH3 is 1. The molecule has 15 heavy (non-hydrogen) atoms. The fourth-order valence-corrected chi connectivity index (χ4v) is 1.01. The third-order valence-electron chi connectivity index (χ3n) is 1.59. The zero-order chi connectivity index (χ0) is 11.3. The fourth-order valence-electron chi connectivity index (χ4n) is 0.913. The third kappa shape index (κ3) is 3.69. The van der Waals surface area contributed by atoms with Crippen molar-refractivity contribution in [3.63, 3.8) is 0 Å². The summed E-state index contributed by atoms with van der Waals surface area (Å²) in [6, 6.07) is 2.20. The highest BCUT2D eigenvalue weighted by atomic mass is 35.5. The van der Waals surface area contributed by atoms with Crippen LogP contribution in [0.15, 0.2) is 12.1 Å². The molecule has 2 N–H and O–H groups in total. The Hall–Kier alpha value is -1.40. The van der Waals surface area contributed by atoms with Crippen molar-refractivity contribution in [2.24, 2.45) is 0 Å². The van der Waals surface area contributed by atoms with Crippen LogP contribution < -0.4 is 5.32 Å². The second-order valence-electron chi connectivity index (χ2n) is 2.73. The number of aromatic nitrogens is 2. The van der Waals surface area contributed by atoms with Crippen LogP contribution in [-0.2, 0) is 9.53 Å². The van der Waals surface area contributed by atoms with Crippen LogP contribution in [0.2, 0.25) is 5.15 Å². The van der Waals surface area contributed by atoms with Crippen LogP contribution in [-0.4, -0.2) is 41.0 Å². The fraction of sp³-hybridized carbons (Fsp3) is 0.375. The molecule has 1 rings (SSSR count). The summed E-state index contributed by atoms with van der Waals surface area (Å²) in [6.07, 6.45) is 0. The van der Waals surface area contributed by atoms with Crippen LogP contribution in [0.25, 0.3) is 0 Å². The molecule has 1 heterocycles. The van der Waals surface area contributed by atoms with Gasteiger partial charge in [-0.25, -0.2) is 4.79 Å². The van der Waals surface area contributed by atoms with Gasteiger partial charge in [0.15, 0.2) is 5.15 Å². The van der Waals surface area contributed by atoms with Crippen LogP contribution in [0.5, 0.6) is 0 Å². The van der Waals surface area contributed by atoms with Gasteiger partial charge in [0.2, 0.25) is 0 Å². The van der Waals surface area contributed by atoms with Crippen LogP contribution in [0.3, 0.4) is 0 Å². The highest BCUT2D eigenvalue weighted by molar-refractivity contribution is 6.29. The minimum Gasteiger partial charge on any atom is -0.480 e. The number of carbonyl (C=O) groups is 1. The van der Waals surface area contributed by atoms with Crippen molar-refractivity contribution in [1.29, 1.82) is 0 Å². The number of ether oxygens (including phenoxy) is 1. The molecule has 1 unspecified atom stereocenters. The van der Waals surface area contributed by atoms with Crippen LogP contribution in [0.4, 0.5) is 5.82 Å². The Morgan fingerprint density at radius 2 is 2.40 bits per heavy atom. The van der Waals surface area contributed by atoms with Crippen molar-refractivity contribution in [1.82, 2.24) is 10.2 Å². The first-order valence-electron chi connectivity index (χ1n) is 4.11. The lowest BCUT2D eigenvalue weighted by Gasteiger charge is -2.13. The Balaban J connectivity index is 2.65. The van der Waals surface area contributed by atoms with E-state index in [9.17, 15) is 4.79 Å². The number of nitrogens with one attached hydrogen (secondary N) is 1. The lowest BCUT2D eigenvalue weighted by atomic mass is 10.3. The van der Waals surface area contributed by atoms with Crippen molar-refractivity contribution < 1.29 is 14.6 Å². The van der Waals surface area contributed by atoms with Gasteiger partial charge in [0, 0.05) is 7.11 Å². The third-order valence-corrected chi connectivity index (χ3v) is 1.79. The number of rotatable bonds is 5. The Kier molecular flexibility index (Phi) is 4.26. The molecular weight excluding hydrogens is 222 g/mol. The van der Waals surface area contributed by atoms with Crippen LogP contribution >= 0.6 is 11.6 Å². The maximum absolute atomic E-state index is 10.7. The van der Waals surface area contributed by atoms with Gasteiger partial charge in [0.25, 0.3) is 0 Å². The highest BCUT2D eigenvalue weighted by Gasteiger charge is 2.17. The first-order valence-corrected chi connectivity index (χ1v) is 4.49. The molecule has 1 aromatic rings. The number of anilines is 1. The zero-order valence-corrected chi connectivity index (χ0v) is 8.73. The van der Waals surface area contributed by atoms with E-state index in [1.807, 2.05) is 0 Å². The Morgan fingerprint density at radius 3 is 2.87 bits per heavy atom. The predicted octanol–water partition coefficient (Wildman–Crippen LogP) is 0.641. The van der Waals surface area contributed by atoms with E-state index in [0.717, 1.165) is 0 Å². The average Bonchev–Trinajstić information content (AvgIpc) is 2.20. The summed E-state index contributed by atoms with van der Waals surface area (Å²) in [5.41, 5.74) is 0. The molecule has 0 saturated carbocycles. The van der Waals surface area contributed by atoms with Gasteiger partial charge in [-0.15, -0.1) is 10.2 Å². The molecule has 7 heteroatoms. The van der Waals surface area contributed by atoms with Gasteiger partial charge >= 0.3 is 5.97 Å². The van der Waals surface area contributed by atoms with Gasteiger partial charge in [-0.3, -0.25) is 0 Å². The first kappa shape index (κ1) is 11.7. The molecule has 0 aliphatic rings. The molecule has 0 saturated heterocycles. The highest BCUT2D eigenvalue weighted by Crippen LogP contribution is 2.07. The number of carboxylic acids is 1. The molecular formula is C8H10ClN3O3. The molecule has 82 valence electrons. The number of nitrogens with zero attached hydrogens (tertiary/aromatic N) is 2. The molecule has 6 nitrogen and oxygen atoms in total. The SMILES string of the molecule is COCC(Nc1ccc(Cl)nn1)C(=O)O. The molecule has 1 atom stereocenters. The van der Waals surface area contributed by atoms with E-state index in [1.165, 1.54) is 13.2 Å². The van der Waals surface area contributed by atoms with E-state index in [2.05, 4.69) is 15.5 Å². The van der Waals surface area contributed by atoms with E-state index < -0.39 is 12.0 Å². The van der Waals surface area contributed by atoms with Crippen LogP contribution in [0.1, 0.15) is 0 Å². The Labute approximate surface area is 91.2 Å². The molecule has 0 fully saturated rings. The summed E-state index contributed by atoms with van der Waals surface area (Å²) in [4.78, 5) is 10.7. The van der Waals surface area contributed by atoms with Gasteiger partial charge in [-0.1, -0.05) is 11.6 Å². The summed E-state index contributed by atoms with van der Waals surface area (Å²) in [7, 11) is 1.42. The maximum atomic E-state index is 10.7. The molecule has 0 spiro atoms. The number of hydrogen-bond acceptors (Lipinski definition) is 5. The second-order valence-corrected chi connectivity index (χ2v) is 3.12. The summed E-state index contributed by atoms with van der Waals surface area (Å²) in [5, 5.41) is 18.9. The minimum absolute atomic E-state index is 0.0413. The number of carboxylic acid groups (broad SMARTS) is 1. The number of aliphatic carboxylic acids is 1. The van der Waals surface area contributed by atoms with E-state index in [1.54, 1.807) is 6.07 Å². The van der Waals surface area contributed by atoms with Crippen molar-refractivity contribution >= 4 is 23.4 Å². The predicted molar refractivity (Wildman–Crippen MR) is 54.0 cm³/mol. The second kappa shape index (κ2) is 5.47. The van der Waals surface area contributed by atoms with Crippen molar-refractivity contribution in [3.8, 4) is 0 Å². The zero-order valence-electron chi connectivity index (χ0n) is 7.98. The largest absolute Gasteiger partial charge is 0.480 e. The lowest BCUT2D eigenvalue weighted by Crippen LogP contribution is -2.34. The van der Waals surface area contributed by atoms with Crippen molar-refractivity contribution in [2.75, 3.05) is 19.0 Å². The summed E-state index contributed by atoms with van der Waals surface area (Å²) >= 11 is 5.53. The molecule has 0 amide bonds. The molecule has 0 aliphatic heterocycles. The van der Waals surface area contributed by atoms with Crippen molar-refractivity contribution in [2.45, 2.75) is 6.04 Å². The summed E-state index contributed by atoms with van der Waals surface area (Å²) < 4.78 is 4.74. The van der Waals surface area contributed by atoms with Crippen molar-refractivity contribution in [3.05, 3.63) is 17.3 Å². The lowest BCUT2D eigenvalue weighted by molar-refractivity contribution is -0.139. The Bertz CT molecular complexity index is 330. The average molecular weight is 232 g/mol. The summed E-state index contributed by atoms with van der Waals surface area (Å²) in [5.74, 6) is -0.683. The normalized spacial score (nSPS) is 12.1. The van der Waals surface area contributed by atoms with E-state index in [0.29, 0.717) is 5.82 Å². The standard InChI is InChI=1S/C8H10ClN3O3/c1-15-4-5(8(13)14)10-7-3-2-6(9)11-12-7/h2-3,5H,4H2,1H3,(H,10,12)(H,13,14). The number of hydrogen-bond donors (Lipinski definition) is 2. The van der Waals surface area contributed by atoms with Gasteiger partial charge in [-0.2, -0.15) is 0 Å². The van der Waals surface area contributed by atoms with Gasteiger partial charge in [0.1, 0.15) is 11.9 Å².